The van der Waals surface area contributed by atoms with Crippen molar-refractivity contribution >= 4 is 5.97 Å². The van der Waals surface area contributed by atoms with E-state index < -0.39 is 5.97 Å². The SMILES string of the molecule is C=C(Cc1ccccc1O)C(=O)OC. The number of aromatic hydroxyl groups is 1. The van der Waals surface area contributed by atoms with E-state index in [1.165, 1.54) is 7.11 Å². The van der Waals surface area contributed by atoms with Crippen molar-refractivity contribution in [2.24, 2.45) is 0 Å². The molecule has 0 saturated heterocycles. The minimum atomic E-state index is -0.451. The molecular formula is C11H12O3. The number of hydrogen-bond acceptors (Lipinski definition) is 3. The standard InChI is InChI=1S/C11H12O3/c1-8(11(13)14-2)7-9-5-3-4-6-10(9)12/h3-6,12H,1,7H2,2H3. The Hall–Kier alpha value is -1.77. The first-order chi connectivity index (χ1) is 6.65. The maximum absolute atomic E-state index is 11.0. The van der Waals surface area contributed by atoms with E-state index in [-0.39, 0.29) is 5.75 Å². The zero-order valence-corrected chi connectivity index (χ0v) is 7.99. The summed E-state index contributed by atoms with van der Waals surface area (Å²) in [7, 11) is 1.30. The van der Waals surface area contributed by atoms with Crippen LogP contribution in [0.4, 0.5) is 0 Å². The molecular weight excluding hydrogens is 180 g/mol. The zero-order chi connectivity index (χ0) is 10.6. The van der Waals surface area contributed by atoms with Crippen molar-refractivity contribution in [3.63, 3.8) is 0 Å². The third-order valence-corrected chi connectivity index (χ3v) is 1.87. The van der Waals surface area contributed by atoms with Crippen molar-refractivity contribution in [2.45, 2.75) is 6.42 Å². The quantitative estimate of drug-likeness (QED) is 0.585. The highest BCUT2D eigenvalue weighted by Gasteiger charge is 2.09. The van der Waals surface area contributed by atoms with Gasteiger partial charge in [0.2, 0.25) is 0 Å². The van der Waals surface area contributed by atoms with Gasteiger partial charge in [0.25, 0.3) is 0 Å². The van der Waals surface area contributed by atoms with Crippen LogP contribution in [-0.4, -0.2) is 18.2 Å². The summed E-state index contributed by atoms with van der Waals surface area (Å²) in [4.78, 5) is 11.0. The summed E-state index contributed by atoms with van der Waals surface area (Å²) in [5, 5.41) is 9.42. The molecule has 14 heavy (non-hydrogen) atoms. The lowest BCUT2D eigenvalue weighted by Gasteiger charge is -2.05. The predicted molar refractivity (Wildman–Crippen MR) is 53.0 cm³/mol. The van der Waals surface area contributed by atoms with Gasteiger partial charge in [-0.2, -0.15) is 0 Å². The molecule has 0 heterocycles. The summed E-state index contributed by atoms with van der Waals surface area (Å²) in [5.41, 5.74) is 0.997. The molecule has 0 aliphatic carbocycles. The summed E-state index contributed by atoms with van der Waals surface area (Å²) in [6.07, 6.45) is 0.305. The average Bonchev–Trinajstić information content (AvgIpc) is 2.20. The number of para-hydroxylation sites is 1. The molecule has 0 aromatic heterocycles. The number of rotatable bonds is 3. The Kier molecular flexibility index (Phi) is 3.29. The van der Waals surface area contributed by atoms with Crippen LogP contribution in [-0.2, 0) is 16.0 Å². The highest BCUT2D eigenvalue weighted by molar-refractivity contribution is 5.88. The minimum Gasteiger partial charge on any atom is -0.508 e. The number of phenolic OH excluding ortho intramolecular Hbond substituents is 1. The number of phenols is 1. The van der Waals surface area contributed by atoms with E-state index in [0.29, 0.717) is 17.6 Å². The molecule has 74 valence electrons. The van der Waals surface area contributed by atoms with Gasteiger partial charge >= 0.3 is 5.97 Å². The summed E-state index contributed by atoms with van der Waals surface area (Å²) in [5.74, 6) is -0.286. The Balaban J connectivity index is 2.75. The molecule has 0 unspecified atom stereocenters. The number of esters is 1. The highest BCUT2D eigenvalue weighted by atomic mass is 16.5. The van der Waals surface area contributed by atoms with Crippen molar-refractivity contribution in [1.29, 1.82) is 0 Å². The summed E-state index contributed by atoms with van der Waals surface area (Å²) >= 11 is 0. The molecule has 0 radical (unpaired) electrons. The molecule has 1 N–H and O–H groups in total. The maximum atomic E-state index is 11.0. The monoisotopic (exact) mass is 192 g/mol. The van der Waals surface area contributed by atoms with Crippen molar-refractivity contribution in [2.75, 3.05) is 7.11 Å². The molecule has 0 aliphatic rings. The van der Waals surface area contributed by atoms with Gasteiger partial charge in [0.15, 0.2) is 0 Å². The van der Waals surface area contributed by atoms with Crippen LogP contribution >= 0.6 is 0 Å². The van der Waals surface area contributed by atoms with Gasteiger partial charge in [-0.25, -0.2) is 4.79 Å². The molecule has 0 saturated carbocycles. The van der Waals surface area contributed by atoms with E-state index in [4.69, 9.17) is 0 Å². The lowest BCUT2D eigenvalue weighted by Crippen LogP contribution is -2.05. The van der Waals surface area contributed by atoms with E-state index in [1.54, 1.807) is 24.3 Å². The number of ether oxygens (including phenoxy) is 1. The number of benzene rings is 1. The lowest BCUT2D eigenvalue weighted by molar-refractivity contribution is -0.136. The second-order valence-corrected chi connectivity index (χ2v) is 2.90. The molecule has 1 aromatic rings. The Labute approximate surface area is 82.6 Å². The van der Waals surface area contributed by atoms with Crippen LogP contribution in [0.5, 0.6) is 5.75 Å². The van der Waals surface area contributed by atoms with Crippen LogP contribution < -0.4 is 0 Å². The lowest BCUT2D eigenvalue weighted by atomic mass is 10.1. The van der Waals surface area contributed by atoms with Crippen LogP contribution in [0.1, 0.15) is 5.56 Å². The third kappa shape index (κ3) is 2.36. The first kappa shape index (κ1) is 10.3. The fourth-order valence-corrected chi connectivity index (χ4v) is 1.11. The minimum absolute atomic E-state index is 0.164. The number of hydrogen-bond donors (Lipinski definition) is 1. The molecule has 0 aliphatic heterocycles. The Morgan fingerprint density at radius 1 is 1.50 bits per heavy atom. The third-order valence-electron chi connectivity index (χ3n) is 1.87. The molecule has 0 fully saturated rings. The summed E-state index contributed by atoms with van der Waals surface area (Å²) in [6.45, 7) is 3.58. The molecule has 1 rings (SSSR count). The van der Waals surface area contributed by atoms with Gasteiger partial charge in [0.05, 0.1) is 7.11 Å². The van der Waals surface area contributed by atoms with Gasteiger partial charge < -0.3 is 9.84 Å². The molecule has 0 spiro atoms. The van der Waals surface area contributed by atoms with Crippen LogP contribution in [0, 0.1) is 0 Å². The van der Waals surface area contributed by atoms with Crippen molar-refractivity contribution in [1.82, 2.24) is 0 Å². The van der Waals surface area contributed by atoms with Gasteiger partial charge in [0.1, 0.15) is 5.75 Å². The summed E-state index contributed by atoms with van der Waals surface area (Å²) in [6, 6.07) is 6.82. The largest absolute Gasteiger partial charge is 0.508 e. The number of carbonyl (C=O) groups is 1. The first-order valence-electron chi connectivity index (χ1n) is 4.18. The van der Waals surface area contributed by atoms with Crippen LogP contribution in [0.3, 0.4) is 0 Å². The normalized spacial score (nSPS) is 9.50. The Morgan fingerprint density at radius 3 is 2.71 bits per heavy atom. The van der Waals surface area contributed by atoms with E-state index in [0.717, 1.165) is 0 Å². The Morgan fingerprint density at radius 2 is 2.14 bits per heavy atom. The predicted octanol–water partition coefficient (Wildman–Crippen LogP) is 1.66. The van der Waals surface area contributed by atoms with Gasteiger partial charge in [-0.1, -0.05) is 24.8 Å². The topological polar surface area (TPSA) is 46.5 Å². The number of methoxy groups -OCH3 is 1. The molecule has 1 aromatic carbocycles. The molecule has 3 heteroatoms. The van der Waals surface area contributed by atoms with E-state index >= 15 is 0 Å². The van der Waals surface area contributed by atoms with Gasteiger partial charge in [-0.05, 0) is 11.6 Å². The van der Waals surface area contributed by atoms with Gasteiger partial charge in [-0.15, -0.1) is 0 Å². The molecule has 0 amide bonds. The molecule has 0 atom stereocenters. The fourth-order valence-electron chi connectivity index (χ4n) is 1.11. The van der Waals surface area contributed by atoms with E-state index in [1.807, 2.05) is 0 Å². The summed E-state index contributed by atoms with van der Waals surface area (Å²) < 4.78 is 4.50. The Bertz CT molecular complexity index is 355. The van der Waals surface area contributed by atoms with Crippen LogP contribution in [0.25, 0.3) is 0 Å². The highest BCUT2D eigenvalue weighted by Crippen LogP contribution is 2.18. The van der Waals surface area contributed by atoms with Gasteiger partial charge in [-0.3, -0.25) is 0 Å². The second-order valence-electron chi connectivity index (χ2n) is 2.90. The zero-order valence-electron chi connectivity index (χ0n) is 7.99. The van der Waals surface area contributed by atoms with Crippen LogP contribution in [0.2, 0.25) is 0 Å². The molecule has 3 nitrogen and oxygen atoms in total. The van der Waals surface area contributed by atoms with Gasteiger partial charge in [0, 0.05) is 12.0 Å². The smallest absolute Gasteiger partial charge is 0.333 e. The van der Waals surface area contributed by atoms with Crippen molar-refractivity contribution in [3.05, 3.63) is 42.0 Å². The first-order valence-corrected chi connectivity index (χ1v) is 4.18. The average molecular weight is 192 g/mol. The van der Waals surface area contributed by atoms with E-state index in [2.05, 4.69) is 11.3 Å². The van der Waals surface area contributed by atoms with Crippen LogP contribution in [0.15, 0.2) is 36.4 Å². The van der Waals surface area contributed by atoms with E-state index in [9.17, 15) is 9.90 Å². The van der Waals surface area contributed by atoms with Crippen molar-refractivity contribution in [3.8, 4) is 5.75 Å². The number of carbonyl (C=O) groups excluding carboxylic acids is 1. The second kappa shape index (κ2) is 4.46. The molecule has 0 bridgehead atoms. The van der Waals surface area contributed by atoms with Crippen molar-refractivity contribution < 1.29 is 14.6 Å². The maximum Gasteiger partial charge on any atom is 0.333 e. The fraction of sp³-hybridized carbons (Fsp3) is 0.182.